The highest BCUT2D eigenvalue weighted by molar-refractivity contribution is 7.99. The molecule has 0 aromatic heterocycles. The van der Waals surface area contributed by atoms with Gasteiger partial charge in [-0.05, 0) is 48.1 Å². The molecule has 3 aromatic carbocycles. The quantitative estimate of drug-likeness (QED) is 0.346. The maximum atomic E-state index is 12.9. The van der Waals surface area contributed by atoms with E-state index in [0.29, 0.717) is 35.9 Å². The number of methoxy groups -OCH3 is 1. The third kappa shape index (κ3) is 5.52. The second-order valence-electron chi connectivity index (χ2n) is 10.7. The average molecular weight is 555 g/mol. The van der Waals surface area contributed by atoms with Gasteiger partial charge in [-0.15, -0.1) is 13.2 Å². The first-order chi connectivity index (χ1) is 18.9. The van der Waals surface area contributed by atoms with Gasteiger partial charge >= 0.3 is 6.36 Å². The number of piperidine rings is 1. The number of hydrogen-bond acceptors (Lipinski definition) is 5. The van der Waals surface area contributed by atoms with Crippen molar-refractivity contribution in [1.29, 1.82) is 0 Å². The Labute approximate surface area is 231 Å². The molecule has 8 heteroatoms. The number of halogens is 3. The Bertz CT molecular complexity index is 1220. The Morgan fingerprint density at radius 1 is 0.949 bits per heavy atom. The second kappa shape index (κ2) is 11.1. The van der Waals surface area contributed by atoms with Crippen LogP contribution >= 0.6 is 11.8 Å². The summed E-state index contributed by atoms with van der Waals surface area (Å²) < 4.78 is 48.5. The van der Waals surface area contributed by atoms with E-state index in [2.05, 4.69) is 87.4 Å². The van der Waals surface area contributed by atoms with Gasteiger partial charge in [0.1, 0.15) is 11.5 Å². The minimum Gasteiger partial charge on any atom is -0.496 e. The minimum absolute atomic E-state index is 0.154. The van der Waals surface area contributed by atoms with E-state index in [1.54, 1.807) is 6.07 Å². The van der Waals surface area contributed by atoms with Crippen LogP contribution in [0.2, 0.25) is 0 Å². The molecule has 1 N–H and O–H groups in total. The first-order valence-electron chi connectivity index (χ1n) is 13.5. The van der Waals surface area contributed by atoms with E-state index in [1.807, 2.05) is 0 Å². The zero-order chi connectivity index (χ0) is 27.0. The molecule has 0 spiro atoms. The van der Waals surface area contributed by atoms with E-state index >= 15 is 0 Å². The Kier molecular flexibility index (Phi) is 7.53. The van der Waals surface area contributed by atoms with Gasteiger partial charge in [0.2, 0.25) is 0 Å². The van der Waals surface area contributed by atoms with Gasteiger partial charge in [-0.25, -0.2) is 0 Å². The van der Waals surface area contributed by atoms with Crippen LogP contribution in [0.15, 0.2) is 78.9 Å². The molecular weight excluding hydrogens is 521 g/mol. The predicted molar refractivity (Wildman–Crippen MR) is 148 cm³/mol. The number of nitrogens with one attached hydrogen (secondary N) is 1. The summed E-state index contributed by atoms with van der Waals surface area (Å²) in [6.45, 7) is 0.389. The van der Waals surface area contributed by atoms with E-state index < -0.39 is 6.36 Å². The third-order valence-corrected chi connectivity index (χ3v) is 9.73. The highest BCUT2D eigenvalue weighted by atomic mass is 32.2. The second-order valence-corrected chi connectivity index (χ2v) is 11.8. The Morgan fingerprint density at radius 3 is 2.28 bits per heavy atom. The van der Waals surface area contributed by atoms with E-state index in [-0.39, 0.29) is 23.8 Å². The fourth-order valence-electron chi connectivity index (χ4n) is 7.08. The van der Waals surface area contributed by atoms with Gasteiger partial charge in [0.15, 0.2) is 0 Å². The zero-order valence-electron chi connectivity index (χ0n) is 21.8. The first-order valence-corrected chi connectivity index (χ1v) is 14.7. The number of benzene rings is 3. The molecule has 0 aliphatic carbocycles. The van der Waals surface area contributed by atoms with Crippen LogP contribution in [0, 0.1) is 5.92 Å². The predicted octanol–water partition coefficient (Wildman–Crippen LogP) is 6.46. The lowest BCUT2D eigenvalue weighted by atomic mass is 9.75. The van der Waals surface area contributed by atoms with E-state index in [1.165, 1.54) is 36.8 Å². The molecule has 39 heavy (non-hydrogen) atoms. The summed E-state index contributed by atoms with van der Waals surface area (Å²) in [5.74, 6) is 3.40. The molecule has 206 valence electrons. The third-order valence-electron chi connectivity index (χ3n) is 8.53. The van der Waals surface area contributed by atoms with Gasteiger partial charge in [0, 0.05) is 53.7 Å². The first kappa shape index (κ1) is 26.5. The molecule has 0 amide bonds. The number of rotatable bonds is 8. The van der Waals surface area contributed by atoms with Crippen molar-refractivity contribution in [2.24, 2.45) is 5.92 Å². The van der Waals surface area contributed by atoms with Gasteiger partial charge in [-0.1, -0.05) is 60.7 Å². The van der Waals surface area contributed by atoms with Crippen LogP contribution in [-0.2, 0) is 6.54 Å². The normalized spacial score (nSPS) is 27.9. The van der Waals surface area contributed by atoms with Crippen molar-refractivity contribution in [2.75, 3.05) is 18.6 Å². The lowest BCUT2D eigenvalue weighted by Gasteiger charge is -2.51. The standard InChI is InChI=1S/C31H33F3N2O2S/c1-37-28-13-12-25(38-31(32,33)34)15-23(28)17-35-26-16-22-14-24-18-39-19-27(22)36(24)30(26)29(20-8-4-2-5-9-20)21-10-6-3-7-11-21/h2-13,15,22,24,26-27,29-30,35H,14,16-19H2,1H3. The molecule has 3 saturated heterocycles. The number of ether oxygens (including phenoxy) is 2. The van der Waals surface area contributed by atoms with Crippen LogP contribution in [0.25, 0.3) is 0 Å². The molecule has 3 aliphatic rings. The summed E-state index contributed by atoms with van der Waals surface area (Å²) in [4.78, 5) is 2.80. The van der Waals surface area contributed by atoms with Gasteiger partial charge in [-0.3, -0.25) is 4.90 Å². The van der Waals surface area contributed by atoms with Crippen molar-refractivity contribution in [3.05, 3.63) is 95.6 Å². The number of nitrogens with zero attached hydrogens (tertiary/aromatic N) is 1. The summed E-state index contributed by atoms with van der Waals surface area (Å²) in [6, 6.07) is 27.2. The summed E-state index contributed by atoms with van der Waals surface area (Å²) in [7, 11) is 1.54. The summed E-state index contributed by atoms with van der Waals surface area (Å²) in [6.07, 6.45) is -2.49. The number of hydrogen-bond donors (Lipinski definition) is 1. The molecule has 4 bridgehead atoms. The maximum Gasteiger partial charge on any atom is 0.573 e. The topological polar surface area (TPSA) is 33.7 Å². The molecule has 0 radical (unpaired) electrons. The van der Waals surface area contributed by atoms with Crippen LogP contribution in [-0.4, -0.2) is 54.0 Å². The van der Waals surface area contributed by atoms with Crippen LogP contribution in [0.1, 0.15) is 35.4 Å². The molecule has 3 aliphatic heterocycles. The molecule has 3 fully saturated rings. The molecule has 0 saturated carbocycles. The largest absolute Gasteiger partial charge is 0.573 e. The van der Waals surface area contributed by atoms with E-state index in [0.717, 1.165) is 17.9 Å². The number of thioether (sulfide) groups is 1. The van der Waals surface area contributed by atoms with Crippen LogP contribution < -0.4 is 14.8 Å². The highest BCUT2D eigenvalue weighted by Gasteiger charge is 2.55. The van der Waals surface area contributed by atoms with Crippen LogP contribution in [0.3, 0.4) is 0 Å². The number of alkyl halides is 3. The average Bonchev–Trinajstić information content (AvgIpc) is 3.05. The molecule has 3 aromatic rings. The molecule has 4 nitrogen and oxygen atoms in total. The lowest BCUT2D eigenvalue weighted by Crippen LogP contribution is -2.63. The Morgan fingerprint density at radius 2 is 1.64 bits per heavy atom. The van der Waals surface area contributed by atoms with Crippen molar-refractivity contribution in [1.82, 2.24) is 10.2 Å². The molecule has 6 unspecified atom stereocenters. The van der Waals surface area contributed by atoms with Crippen LogP contribution in [0.4, 0.5) is 13.2 Å². The van der Waals surface area contributed by atoms with E-state index in [4.69, 9.17) is 4.74 Å². The fraction of sp³-hybridized carbons (Fsp3) is 0.419. The minimum atomic E-state index is -4.74. The van der Waals surface area contributed by atoms with Crippen LogP contribution in [0.5, 0.6) is 11.5 Å². The summed E-state index contributed by atoms with van der Waals surface area (Å²) >= 11 is 2.07. The van der Waals surface area contributed by atoms with Gasteiger partial charge in [0.05, 0.1) is 7.11 Å². The SMILES string of the molecule is COc1ccc(OC(F)(F)F)cc1CNC1CC2CC3CSCC2N3C1C(c1ccccc1)c1ccccc1. The maximum absolute atomic E-state index is 12.9. The Balaban J connectivity index is 1.35. The van der Waals surface area contributed by atoms with Crippen molar-refractivity contribution in [3.8, 4) is 11.5 Å². The van der Waals surface area contributed by atoms with Crippen molar-refractivity contribution >= 4 is 11.8 Å². The van der Waals surface area contributed by atoms with Crippen molar-refractivity contribution in [2.45, 2.75) is 55.8 Å². The molecule has 3 heterocycles. The van der Waals surface area contributed by atoms with Crippen molar-refractivity contribution in [3.63, 3.8) is 0 Å². The molecule has 6 atom stereocenters. The van der Waals surface area contributed by atoms with Crippen molar-refractivity contribution < 1.29 is 22.6 Å². The zero-order valence-corrected chi connectivity index (χ0v) is 22.6. The smallest absolute Gasteiger partial charge is 0.496 e. The molecule has 6 rings (SSSR count). The Hall–Kier alpha value is -2.68. The monoisotopic (exact) mass is 554 g/mol. The summed E-state index contributed by atoms with van der Waals surface area (Å²) in [5, 5.41) is 3.80. The molecular formula is C31H33F3N2O2S. The van der Waals surface area contributed by atoms with Gasteiger partial charge in [0.25, 0.3) is 0 Å². The van der Waals surface area contributed by atoms with Gasteiger partial charge in [-0.2, -0.15) is 11.8 Å². The highest BCUT2D eigenvalue weighted by Crippen LogP contribution is 2.50. The summed E-state index contributed by atoms with van der Waals surface area (Å²) in [5.41, 5.74) is 3.22. The van der Waals surface area contributed by atoms with E-state index in [9.17, 15) is 13.2 Å². The van der Waals surface area contributed by atoms with Gasteiger partial charge < -0.3 is 14.8 Å². The lowest BCUT2D eigenvalue weighted by molar-refractivity contribution is -0.274. The fourth-order valence-corrected chi connectivity index (χ4v) is 8.48.